The largest absolute Gasteiger partial charge is 3.00 e. The van der Waals surface area contributed by atoms with Gasteiger partial charge in [-0.25, -0.2) is 0 Å². The third-order valence-corrected chi connectivity index (χ3v) is 4.07. The molecule has 3 aromatic carbocycles. The first kappa shape index (κ1) is 54.9. The van der Waals surface area contributed by atoms with E-state index in [9.17, 15) is 59.4 Å². The molecule has 0 fully saturated rings. The maximum Gasteiger partial charge on any atom is 3.00 e. The average Bonchev–Trinajstić information content (AvgIpc) is 2.84. The summed E-state index contributed by atoms with van der Waals surface area (Å²) in [5, 5.41) is 61.2. The van der Waals surface area contributed by atoms with E-state index in [0.29, 0.717) is 0 Å². The van der Waals surface area contributed by atoms with Gasteiger partial charge in [-0.3, -0.25) is 0 Å². The normalized spacial score (nSPS) is 7.81. The fourth-order valence-corrected chi connectivity index (χ4v) is 2.23. The minimum atomic E-state index is -1.33. The van der Waals surface area contributed by atoms with Crippen LogP contribution in [0, 0.1) is 0 Å². The molecule has 0 atom stereocenters. The van der Waals surface area contributed by atoms with Gasteiger partial charge in [0, 0.05) is 0 Å². The van der Waals surface area contributed by atoms with Gasteiger partial charge in [-0.05, 0) is 33.4 Å². The first-order valence-electron chi connectivity index (χ1n) is 9.41. The van der Waals surface area contributed by atoms with Crippen LogP contribution in [0.15, 0.2) is 72.8 Å². The van der Waals surface area contributed by atoms with Gasteiger partial charge in [-0.2, -0.15) is 0 Å². The molecule has 3 rings (SSSR count). The maximum absolute atomic E-state index is 10.2. The molecule has 227 valence electrons. The zero-order valence-corrected chi connectivity index (χ0v) is 24.9. The molecule has 3 aromatic rings. The second-order valence-electron chi connectivity index (χ2n) is 6.46. The topological polar surface area (TPSA) is 365 Å². The van der Waals surface area contributed by atoms with Crippen LogP contribution < -0.4 is 30.6 Å². The molecule has 3 radical (unpaired) electrons. The molecule has 0 unspecified atom stereocenters. The van der Waals surface area contributed by atoms with Crippen LogP contribution in [0.2, 0.25) is 0 Å². The first-order chi connectivity index (χ1) is 16.8. The molecule has 0 aliphatic rings. The number of carboxylic acid groups (broad SMARTS) is 6. The van der Waals surface area contributed by atoms with Gasteiger partial charge < -0.3 is 81.3 Å². The van der Waals surface area contributed by atoms with Crippen molar-refractivity contribution in [3.05, 3.63) is 106 Å². The molecule has 0 spiro atoms. The zero-order valence-electron chi connectivity index (χ0n) is 21.1. The van der Waals surface area contributed by atoms with Gasteiger partial charge in [-0.1, -0.05) is 72.8 Å². The van der Waals surface area contributed by atoms with E-state index in [4.69, 9.17) is 0 Å². The second-order valence-corrected chi connectivity index (χ2v) is 6.46. The molecule has 43 heavy (non-hydrogen) atoms. The summed E-state index contributed by atoms with van der Waals surface area (Å²) in [7, 11) is 0. The van der Waals surface area contributed by atoms with Crippen molar-refractivity contribution < 1.29 is 133 Å². The number of benzene rings is 3. The van der Waals surface area contributed by atoms with Crippen LogP contribution in [0.3, 0.4) is 0 Å². The Morgan fingerprint density at radius 3 is 0.442 bits per heavy atom. The fraction of sp³-hybridized carbons (Fsp3) is 0. The van der Waals surface area contributed by atoms with Gasteiger partial charge in [0.05, 0.1) is 35.8 Å². The summed E-state index contributed by atoms with van der Waals surface area (Å²) in [4.78, 5) is 61.2. The Morgan fingerprint density at radius 2 is 0.395 bits per heavy atom. The third kappa shape index (κ3) is 19.6. The predicted molar refractivity (Wildman–Crippen MR) is 118 cm³/mol. The number of carbonyl (C=O) groups excluding carboxylic acids is 6. The van der Waals surface area contributed by atoms with Crippen molar-refractivity contribution in [1.29, 1.82) is 0 Å². The molecule has 0 aliphatic heterocycles. The Bertz CT molecular complexity index is 1020. The van der Waals surface area contributed by atoms with Gasteiger partial charge in [0.1, 0.15) is 0 Å². The van der Waals surface area contributed by atoms with Crippen LogP contribution >= 0.6 is 0 Å². The number of aromatic carboxylic acids is 6. The van der Waals surface area contributed by atoms with Crippen LogP contribution in [-0.2, 0) is 68.5 Å². The minimum Gasteiger partial charge on any atom is -2.00 e. The van der Waals surface area contributed by atoms with Crippen molar-refractivity contribution in [2.24, 2.45) is 0 Å². The average molecular weight is 719 g/mol. The van der Waals surface area contributed by atoms with Crippen molar-refractivity contribution >= 4 is 35.8 Å². The van der Waals surface area contributed by atoms with E-state index in [1.807, 2.05) is 0 Å². The SMILES string of the molecule is O=C([O-])c1ccc(C(=O)[O-])cc1.O=C([O-])c1ccc(C(=O)[O-])cc1.O=C([O-])c1ccc(C(=O)[O-])cc1.[Cr+3].[Cr+3].[Cr+3].[O-2].[OH-].[OH3+].[OH3+]. The Hall–Kier alpha value is -4.08. The van der Waals surface area contributed by atoms with E-state index in [0.717, 1.165) is 72.8 Å². The maximum atomic E-state index is 10.2. The van der Waals surface area contributed by atoms with Crippen LogP contribution in [0.25, 0.3) is 0 Å². The number of carbonyl (C=O) groups is 6. The van der Waals surface area contributed by atoms with Crippen LogP contribution in [0.5, 0.6) is 0 Å². The Labute approximate surface area is 274 Å². The zero-order chi connectivity index (χ0) is 27.4. The van der Waals surface area contributed by atoms with E-state index in [2.05, 4.69) is 0 Å². The van der Waals surface area contributed by atoms with E-state index in [1.165, 1.54) is 0 Å². The predicted octanol–water partition coefficient (Wildman–Crippen LogP) is -6.91. The fourth-order valence-electron chi connectivity index (χ4n) is 2.23. The smallest absolute Gasteiger partial charge is 2.00 e. The molecule has 0 bridgehead atoms. The van der Waals surface area contributed by atoms with Gasteiger partial charge in [0.25, 0.3) is 0 Å². The molecular formula is C24H19Cr3O16+2. The molecule has 0 saturated carbocycles. The standard InChI is InChI=1S/3C8H6O4.3Cr.3H2O.O/c3*9-7(10)5-1-2-6(4-3-5)8(11)12;;;;;;;/h3*1-4H,(H,9,10)(H,11,12);;;;3*1H2;/q;;;3*+3;;;;-2/p-5. The monoisotopic (exact) mass is 719 g/mol. The molecule has 0 heterocycles. The van der Waals surface area contributed by atoms with E-state index in [1.54, 1.807) is 0 Å². The number of carboxylic acids is 6. The van der Waals surface area contributed by atoms with Crippen molar-refractivity contribution in [3.8, 4) is 0 Å². The molecule has 0 aromatic heterocycles. The summed E-state index contributed by atoms with van der Waals surface area (Å²) in [6.45, 7) is 0. The molecule has 7 N–H and O–H groups in total. The molecule has 0 aliphatic carbocycles. The van der Waals surface area contributed by atoms with Crippen LogP contribution in [-0.4, -0.2) is 41.3 Å². The van der Waals surface area contributed by atoms with Crippen LogP contribution in [0.1, 0.15) is 62.1 Å². The van der Waals surface area contributed by atoms with Crippen molar-refractivity contribution in [2.45, 2.75) is 0 Å². The number of hydrogen-bond donors (Lipinski definition) is 0. The van der Waals surface area contributed by atoms with E-state index >= 15 is 0 Å². The summed E-state index contributed by atoms with van der Waals surface area (Å²) < 4.78 is 0. The van der Waals surface area contributed by atoms with Gasteiger partial charge >= 0.3 is 52.1 Å². The van der Waals surface area contributed by atoms with Gasteiger partial charge in [-0.15, -0.1) is 0 Å². The summed E-state index contributed by atoms with van der Waals surface area (Å²) in [5.74, 6) is -8.00. The Kier molecular flexibility index (Phi) is 34.2. The quantitative estimate of drug-likeness (QED) is 0.214. The minimum absolute atomic E-state index is 0. The van der Waals surface area contributed by atoms with Crippen molar-refractivity contribution in [3.63, 3.8) is 0 Å². The molecule has 0 amide bonds. The molecule has 19 heteroatoms. The number of rotatable bonds is 6. The summed E-state index contributed by atoms with van der Waals surface area (Å²) >= 11 is 0. The Morgan fingerprint density at radius 1 is 0.326 bits per heavy atom. The van der Waals surface area contributed by atoms with E-state index < -0.39 is 35.8 Å². The Balaban J connectivity index is -0.0000000836. The van der Waals surface area contributed by atoms with Crippen molar-refractivity contribution in [2.75, 3.05) is 0 Å². The first-order valence-corrected chi connectivity index (χ1v) is 9.41. The summed E-state index contributed by atoms with van der Waals surface area (Å²) in [6.07, 6.45) is 0. The molecule has 16 nitrogen and oxygen atoms in total. The van der Waals surface area contributed by atoms with Gasteiger partial charge in [0.15, 0.2) is 0 Å². The second kappa shape index (κ2) is 26.8. The summed E-state index contributed by atoms with van der Waals surface area (Å²) in [6, 6.07) is 13.8. The number of hydrogen-bond acceptors (Lipinski definition) is 13. The van der Waals surface area contributed by atoms with E-state index in [-0.39, 0.29) is 107 Å². The summed E-state index contributed by atoms with van der Waals surface area (Å²) in [5.41, 5.74) is -0.333. The van der Waals surface area contributed by atoms with Crippen LogP contribution in [0.4, 0.5) is 0 Å². The molecule has 0 saturated heterocycles. The third-order valence-electron chi connectivity index (χ3n) is 4.07. The van der Waals surface area contributed by atoms with Crippen molar-refractivity contribution in [1.82, 2.24) is 0 Å². The van der Waals surface area contributed by atoms with Gasteiger partial charge in [0.2, 0.25) is 0 Å². The molecular weight excluding hydrogens is 700 g/mol.